The predicted molar refractivity (Wildman–Crippen MR) is 79.2 cm³/mol. The van der Waals surface area contributed by atoms with Crippen molar-refractivity contribution in [3.8, 4) is 11.8 Å². The molecule has 0 aliphatic carbocycles. The Morgan fingerprint density at radius 3 is 2.53 bits per heavy atom. The van der Waals surface area contributed by atoms with Gasteiger partial charge in [0.1, 0.15) is 5.75 Å². The van der Waals surface area contributed by atoms with E-state index >= 15 is 0 Å². The summed E-state index contributed by atoms with van der Waals surface area (Å²) in [6.07, 6.45) is 4.73. The van der Waals surface area contributed by atoms with Crippen molar-refractivity contribution in [2.24, 2.45) is 5.41 Å². The molecule has 0 N–H and O–H groups in total. The molecule has 0 saturated carbocycles. The Morgan fingerprint density at radius 1 is 1.21 bits per heavy atom. The molecule has 0 atom stereocenters. The fourth-order valence-electron chi connectivity index (χ4n) is 2.27. The van der Waals surface area contributed by atoms with Crippen molar-refractivity contribution in [1.82, 2.24) is 0 Å². The predicted octanol–water partition coefficient (Wildman–Crippen LogP) is 4.74. The van der Waals surface area contributed by atoms with Gasteiger partial charge in [-0.3, -0.25) is 0 Å². The van der Waals surface area contributed by atoms with Gasteiger partial charge in [-0.2, -0.15) is 5.26 Å². The number of nitrogens with zero attached hydrogens (tertiary/aromatic N) is 1. The van der Waals surface area contributed by atoms with E-state index in [2.05, 4.69) is 39.0 Å². The number of hydrogen-bond acceptors (Lipinski definition) is 2. The molecule has 2 heteroatoms. The van der Waals surface area contributed by atoms with Crippen LogP contribution in [0.1, 0.15) is 52.0 Å². The summed E-state index contributed by atoms with van der Waals surface area (Å²) in [5, 5.41) is 9.27. The highest BCUT2D eigenvalue weighted by atomic mass is 16.5. The molecule has 0 spiro atoms. The number of benzene rings is 1. The summed E-state index contributed by atoms with van der Waals surface area (Å²) in [4.78, 5) is 0. The molecule has 0 aliphatic rings. The Balaban J connectivity index is 2.40. The highest BCUT2D eigenvalue weighted by Gasteiger charge is 2.24. The lowest BCUT2D eigenvalue weighted by atomic mass is 9.80. The van der Waals surface area contributed by atoms with Gasteiger partial charge in [0.05, 0.1) is 18.1 Å². The molecule has 104 valence electrons. The molecule has 1 aromatic rings. The number of nitriles is 1. The van der Waals surface area contributed by atoms with Crippen LogP contribution < -0.4 is 4.74 Å². The first-order valence-corrected chi connectivity index (χ1v) is 7.32. The van der Waals surface area contributed by atoms with E-state index in [0.29, 0.717) is 6.61 Å². The van der Waals surface area contributed by atoms with Crippen LogP contribution in [0.4, 0.5) is 0 Å². The van der Waals surface area contributed by atoms with Crippen molar-refractivity contribution in [3.63, 3.8) is 0 Å². The summed E-state index contributed by atoms with van der Waals surface area (Å²) in [7, 11) is 0. The van der Waals surface area contributed by atoms with Crippen LogP contribution in [0.5, 0.6) is 5.75 Å². The van der Waals surface area contributed by atoms with Crippen LogP contribution in [0.25, 0.3) is 0 Å². The summed E-state index contributed by atoms with van der Waals surface area (Å²) >= 11 is 0. The molecule has 0 aliphatic heterocycles. The van der Waals surface area contributed by atoms with E-state index in [-0.39, 0.29) is 5.41 Å². The smallest absolute Gasteiger partial charge is 0.119 e. The van der Waals surface area contributed by atoms with Crippen LogP contribution in [0.2, 0.25) is 0 Å². The molecule has 1 rings (SSSR count). The van der Waals surface area contributed by atoms with Crippen LogP contribution in [-0.4, -0.2) is 6.61 Å². The molecule has 1 aromatic carbocycles. The number of rotatable bonds is 8. The van der Waals surface area contributed by atoms with E-state index in [0.717, 1.165) is 37.9 Å². The molecule has 0 unspecified atom stereocenters. The van der Waals surface area contributed by atoms with Crippen LogP contribution >= 0.6 is 0 Å². The average Bonchev–Trinajstić information content (AvgIpc) is 2.48. The van der Waals surface area contributed by atoms with Crippen LogP contribution in [0.15, 0.2) is 24.3 Å². The molecule has 2 nitrogen and oxygen atoms in total. The van der Waals surface area contributed by atoms with Crippen molar-refractivity contribution in [1.29, 1.82) is 5.26 Å². The zero-order chi connectivity index (χ0) is 14.1. The van der Waals surface area contributed by atoms with Crippen molar-refractivity contribution in [3.05, 3.63) is 29.8 Å². The maximum atomic E-state index is 9.27. The van der Waals surface area contributed by atoms with Gasteiger partial charge in [-0.1, -0.05) is 32.9 Å². The monoisotopic (exact) mass is 259 g/mol. The van der Waals surface area contributed by atoms with E-state index < -0.39 is 0 Å². The van der Waals surface area contributed by atoms with Gasteiger partial charge in [-0.05, 0) is 49.8 Å². The van der Waals surface area contributed by atoms with E-state index in [4.69, 9.17) is 4.74 Å². The third-order valence-electron chi connectivity index (χ3n) is 3.97. The van der Waals surface area contributed by atoms with Gasteiger partial charge in [0.15, 0.2) is 0 Å². The standard InChI is InChI=1S/C17H25NO/c1-4-15-9-7-10-16(13-15)19-12-8-11-17(5-2,6-3)14-18/h7,9-10,13H,4-6,8,11-12H2,1-3H3. The molecule has 19 heavy (non-hydrogen) atoms. The van der Waals surface area contributed by atoms with Crippen molar-refractivity contribution in [2.45, 2.75) is 52.9 Å². The third kappa shape index (κ3) is 4.59. The van der Waals surface area contributed by atoms with E-state index in [1.165, 1.54) is 5.56 Å². The first-order chi connectivity index (χ1) is 9.19. The quantitative estimate of drug-likeness (QED) is 0.632. The van der Waals surface area contributed by atoms with Gasteiger partial charge in [0.25, 0.3) is 0 Å². The molecular weight excluding hydrogens is 234 g/mol. The van der Waals surface area contributed by atoms with Gasteiger partial charge in [0, 0.05) is 0 Å². The highest BCUT2D eigenvalue weighted by molar-refractivity contribution is 5.28. The van der Waals surface area contributed by atoms with Crippen molar-refractivity contribution in [2.75, 3.05) is 6.61 Å². The number of ether oxygens (including phenoxy) is 1. The molecule has 0 radical (unpaired) electrons. The van der Waals surface area contributed by atoms with Gasteiger partial charge in [-0.15, -0.1) is 0 Å². The second kappa shape index (κ2) is 7.84. The second-order valence-electron chi connectivity index (χ2n) is 5.05. The molecule has 0 fully saturated rings. The summed E-state index contributed by atoms with van der Waals surface area (Å²) < 4.78 is 5.77. The minimum Gasteiger partial charge on any atom is -0.494 e. The van der Waals surface area contributed by atoms with Crippen molar-refractivity contribution >= 4 is 0 Å². The Hall–Kier alpha value is -1.49. The first kappa shape index (κ1) is 15.6. The minimum atomic E-state index is -0.158. The molecule has 0 saturated heterocycles. The minimum absolute atomic E-state index is 0.158. The number of hydrogen-bond donors (Lipinski definition) is 0. The van der Waals surface area contributed by atoms with E-state index in [1.54, 1.807) is 0 Å². The van der Waals surface area contributed by atoms with Gasteiger partial charge >= 0.3 is 0 Å². The SMILES string of the molecule is CCc1cccc(OCCCC(C#N)(CC)CC)c1. The van der Waals surface area contributed by atoms with Crippen LogP contribution in [0.3, 0.4) is 0 Å². The highest BCUT2D eigenvalue weighted by Crippen LogP contribution is 2.31. The molecule has 0 aromatic heterocycles. The Morgan fingerprint density at radius 2 is 1.95 bits per heavy atom. The zero-order valence-electron chi connectivity index (χ0n) is 12.4. The topological polar surface area (TPSA) is 33.0 Å². The van der Waals surface area contributed by atoms with Gasteiger partial charge < -0.3 is 4.74 Å². The Kier molecular flexibility index (Phi) is 6.42. The van der Waals surface area contributed by atoms with E-state index in [1.807, 2.05) is 12.1 Å². The summed E-state index contributed by atoms with van der Waals surface area (Å²) in [5.74, 6) is 0.940. The lowest BCUT2D eigenvalue weighted by molar-refractivity contribution is 0.259. The van der Waals surface area contributed by atoms with Crippen molar-refractivity contribution < 1.29 is 4.74 Å². The average molecular weight is 259 g/mol. The number of aryl methyl sites for hydroxylation is 1. The van der Waals surface area contributed by atoms with Gasteiger partial charge in [-0.25, -0.2) is 0 Å². The summed E-state index contributed by atoms with van der Waals surface area (Å²) in [6.45, 7) is 7.02. The Bertz CT molecular complexity index is 416. The third-order valence-corrected chi connectivity index (χ3v) is 3.97. The van der Waals surface area contributed by atoms with Crippen LogP contribution in [-0.2, 0) is 6.42 Å². The van der Waals surface area contributed by atoms with Gasteiger partial charge in [0.2, 0.25) is 0 Å². The fourth-order valence-corrected chi connectivity index (χ4v) is 2.27. The first-order valence-electron chi connectivity index (χ1n) is 7.32. The summed E-state index contributed by atoms with van der Waals surface area (Å²) in [5.41, 5.74) is 1.14. The maximum absolute atomic E-state index is 9.27. The molecule has 0 heterocycles. The molecular formula is C17H25NO. The second-order valence-corrected chi connectivity index (χ2v) is 5.05. The maximum Gasteiger partial charge on any atom is 0.119 e. The van der Waals surface area contributed by atoms with E-state index in [9.17, 15) is 5.26 Å². The Labute approximate surface area is 117 Å². The largest absolute Gasteiger partial charge is 0.494 e. The normalized spacial score (nSPS) is 11.1. The lowest BCUT2D eigenvalue weighted by Crippen LogP contribution is -2.17. The molecule has 0 amide bonds. The molecule has 0 bridgehead atoms. The zero-order valence-corrected chi connectivity index (χ0v) is 12.4. The summed E-state index contributed by atoms with van der Waals surface area (Å²) in [6, 6.07) is 10.7. The van der Waals surface area contributed by atoms with Crippen LogP contribution in [0, 0.1) is 16.7 Å². The lowest BCUT2D eigenvalue weighted by Gasteiger charge is -2.23. The fraction of sp³-hybridized carbons (Fsp3) is 0.588.